The van der Waals surface area contributed by atoms with Gasteiger partial charge in [-0.05, 0) is 67.3 Å². The van der Waals surface area contributed by atoms with Crippen molar-refractivity contribution in [2.75, 3.05) is 0 Å². The van der Waals surface area contributed by atoms with Crippen LogP contribution < -0.4 is 0 Å². The highest BCUT2D eigenvalue weighted by Gasteiger charge is 2.33. The molecule has 4 rings (SSSR count). The zero-order valence-electron chi connectivity index (χ0n) is 14.2. The largest absolute Gasteiger partial charge is 0.331 e. The fourth-order valence-corrected chi connectivity index (χ4v) is 2.91. The van der Waals surface area contributed by atoms with Crippen molar-refractivity contribution in [3.8, 4) is 5.69 Å². The molecule has 1 saturated carbocycles. The molecule has 25 heavy (non-hydrogen) atoms. The number of pyridine rings is 1. The Morgan fingerprint density at radius 3 is 2.48 bits per heavy atom. The second-order valence-electron chi connectivity index (χ2n) is 6.53. The number of rotatable bonds is 5. The first-order chi connectivity index (χ1) is 12.2. The SMILES string of the molecule is Cc1cnn(-c2ccc(C(=O)N(Cc3ccncc3)C3CC3)cc2)c1. The van der Waals surface area contributed by atoms with Gasteiger partial charge in [-0.25, -0.2) is 4.68 Å². The Hall–Kier alpha value is -2.95. The molecule has 1 aliphatic rings. The molecule has 2 heterocycles. The summed E-state index contributed by atoms with van der Waals surface area (Å²) in [7, 11) is 0. The van der Waals surface area contributed by atoms with E-state index in [9.17, 15) is 4.79 Å². The van der Waals surface area contributed by atoms with Gasteiger partial charge in [0.05, 0.1) is 11.9 Å². The molecule has 5 heteroatoms. The average molecular weight is 332 g/mol. The Bertz CT molecular complexity index is 866. The van der Waals surface area contributed by atoms with Crippen LogP contribution in [0.5, 0.6) is 0 Å². The maximum atomic E-state index is 13.0. The fraction of sp³-hybridized carbons (Fsp3) is 0.250. The highest BCUT2D eigenvalue weighted by atomic mass is 16.2. The van der Waals surface area contributed by atoms with Crippen molar-refractivity contribution in [1.82, 2.24) is 19.7 Å². The molecule has 1 amide bonds. The second kappa shape index (κ2) is 6.51. The molecule has 126 valence electrons. The number of benzene rings is 1. The summed E-state index contributed by atoms with van der Waals surface area (Å²) in [6.45, 7) is 2.64. The molecule has 0 unspecified atom stereocenters. The van der Waals surface area contributed by atoms with E-state index < -0.39 is 0 Å². The van der Waals surface area contributed by atoms with Crippen LogP contribution in [0.3, 0.4) is 0 Å². The molecule has 1 aromatic carbocycles. The summed E-state index contributed by atoms with van der Waals surface area (Å²) < 4.78 is 1.82. The van der Waals surface area contributed by atoms with Gasteiger partial charge in [0.25, 0.3) is 5.91 Å². The Balaban J connectivity index is 1.54. The fourth-order valence-electron chi connectivity index (χ4n) is 2.91. The van der Waals surface area contributed by atoms with Crippen LogP contribution in [-0.2, 0) is 6.54 Å². The van der Waals surface area contributed by atoms with Gasteiger partial charge in [-0.15, -0.1) is 0 Å². The molecular weight excluding hydrogens is 312 g/mol. The van der Waals surface area contributed by atoms with Gasteiger partial charge in [-0.3, -0.25) is 9.78 Å². The van der Waals surface area contributed by atoms with E-state index >= 15 is 0 Å². The summed E-state index contributed by atoms with van der Waals surface area (Å²) in [5.41, 5.74) is 3.89. The van der Waals surface area contributed by atoms with Crippen LogP contribution in [0.1, 0.15) is 34.3 Å². The molecule has 0 spiro atoms. The summed E-state index contributed by atoms with van der Waals surface area (Å²) in [4.78, 5) is 19.0. The summed E-state index contributed by atoms with van der Waals surface area (Å²) in [6, 6.07) is 11.9. The van der Waals surface area contributed by atoms with Crippen LogP contribution >= 0.6 is 0 Å². The topological polar surface area (TPSA) is 51.0 Å². The lowest BCUT2D eigenvalue weighted by Gasteiger charge is -2.22. The third kappa shape index (κ3) is 3.45. The molecule has 3 aromatic rings. The van der Waals surface area contributed by atoms with Crippen LogP contribution in [0, 0.1) is 6.92 Å². The van der Waals surface area contributed by atoms with Gasteiger partial charge in [0.15, 0.2) is 0 Å². The molecule has 5 nitrogen and oxygen atoms in total. The maximum absolute atomic E-state index is 13.0. The predicted octanol–water partition coefficient (Wildman–Crippen LogP) is 3.38. The van der Waals surface area contributed by atoms with Crippen LogP contribution in [0.15, 0.2) is 61.2 Å². The van der Waals surface area contributed by atoms with Gasteiger partial charge >= 0.3 is 0 Å². The summed E-state index contributed by atoms with van der Waals surface area (Å²) >= 11 is 0. The lowest BCUT2D eigenvalue weighted by atomic mass is 10.1. The first kappa shape index (κ1) is 15.6. The Morgan fingerprint density at radius 2 is 1.88 bits per heavy atom. The number of amides is 1. The van der Waals surface area contributed by atoms with E-state index in [0.29, 0.717) is 18.2 Å². The maximum Gasteiger partial charge on any atom is 0.254 e. The molecule has 0 N–H and O–H groups in total. The Kier molecular flexibility index (Phi) is 4.06. The Labute approximate surface area is 146 Å². The first-order valence-electron chi connectivity index (χ1n) is 8.52. The minimum atomic E-state index is 0.0857. The monoisotopic (exact) mass is 332 g/mol. The van der Waals surface area contributed by atoms with Gasteiger partial charge in [-0.2, -0.15) is 5.10 Å². The number of aryl methyl sites for hydroxylation is 1. The number of nitrogens with zero attached hydrogens (tertiary/aromatic N) is 4. The smallest absolute Gasteiger partial charge is 0.254 e. The van der Waals surface area contributed by atoms with E-state index in [0.717, 1.165) is 29.7 Å². The number of hydrogen-bond donors (Lipinski definition) is 0. The average Bonchev–Trinajstić information content (AvgIpc) is 3.40. The van der Waals surface area contributed by atoms with Crippen LogP contribution in [0.2, 0.25) is 0 Å². The highest BCUT2D eigenvalue weighted by Crippen LogP contribution is 2.30. The highest BCUT2D eigenvalue weighted by molar-refractivity contribution is 5.94. The zero-order valence-corrected chi connectivity index (χ0v) is 14.2. The predicted molar refractivity (Wildman–Crippen MR) is 95.4 cm³/mol. The lowest BCUT2D eigenvalue weighted by molar-refractivity contribution is 0.0730. The van der Waals surface area contributed by atoms with E-state index in [4.69, 9.17) is 0 Å². The summed E-state index contributed by atoms with van der Waals surface area (Å²) in [6.07, 6.45) is 9.50. The van der Waals surface area contributed by atoms with Crippen molar-refractivity contribution in [3.63, 3.8) is 0 Å². The van der Waals surface area contributed by atoms with E-state index in [1.807, 2.05) is 65.3 Å². The summed E-state index contributed by atoms with van der Waals surface area (Å²) in [5, 5.41) is 4.31. The van der Waals surface area contributed by atoms with E-state index in [1.54, 1.807) is 12.4 Å². The molecule has 1 fully saturated rings. The van der Waals surface area contributed by atoms with Gasteiger partial charge < -0.3 is 4.90 Å². The van der Waals surface area contributed by atoms with Gasteiger partial charge in [0.2, 0.25) is 0 Å². The number of aromatic nitrogens is 3. The molecule has 0 atom stereocenters. The van der Waals surface area contributed by atoms with Crippen LogP contribution in [-0.4, -0.2) is 31.6 Å². The summed E-state index contributed by atoms with van der Waals surface area (Å²) in [5.74, 6) is 0.0857. The van der Waals surface area contributed by atoms with Gasteiger partial charge in [0.1, 0.15) is 0 Å². The number of carbonyl (C=O) groups excluding carboxylic acids is 1. The van der Waals surface area contributed by atoms with E-state index in [-0.39, 0.29) is 5.91 Å². The second-order valence-corrected chi connectivity index (χ2v) is 6.53. The van der Waals surface area contributed by atoms with Crippen LogP contribution in [0.4, 0.5) is 0 Å². The molecular formula is C20H20N4O. The molecule has 0 bridgehead atoms. The minimum absolute atomic E-state index is 0.0857. The molecule has 1 aliphatic carbocycles. The van der Waals surface area contributed by atoms with Crippen molar-refractivity contribution >= 4 is 5.91 Å². The van der Waals surface area contributed by atoms with Crippen LogP contribution in [0.25, 0.3) is 5.69 Å². The molecule has 0 aliphatic heterocycles. The normalized spacial score (nSPS) is 13.6. The van der Waals surface area contributed by atoms with Gasteiger partial charge in [-0.1, -0.05) is 0 Å². The number of carbonyl (C=O) groups is 1. The van der Waals surface area contributed by atoms with Crippen molar-refractivity contribution in [2.45, 2.75) is 32.4 Å². The number of hydrogen-bond acceptors (Lipinski definition) is 3. The minimum Gasteiger partial charge on any atom is -0.331 e. The third-order valence-corrected chi connectivity index (χ3v) is 4.44. The zero-order chi connectivity index (χ0) is 17.2. The molecule has 0 radical (unpaired) electrons. The van der Waals surface area contributed by atoms with E-state index in [1.165, 1.54) is 0 Å². The third-order valence-electron chi connectivity index (χ3n) is 4.44. The standard InChI is InChI=1S/C20H20N4O/c1-15-12-22-24(13-15)19-4-2-17(3-5-19)20(25)23(18-6-7-18)14-16-8-10-21-11-9-16/h2-5,8-13,18H,6-7,14H2,1H3. The molecule has 2 aromatic heterocycles. The van der Waals surface area contributed by atoms with Gasteiger partial charge in [0, 0.05) is 36.7 Å². The Morgan fingerprint density at radius 1 is 1.16 bits per heavy atom. The first-order valence-corrected chi connectivity index (χ1v) is 8.52. The quantitative estimate of drug-likeness (QED) is 0.720. The van der Waals surface area contributed by atoms with Crippen molar-refractivity contribution in [1.29, 1.82) is 0 Å². The lowest BCUT2D eigenvalue weighted by Crippen LogP contribution is -2.32. The van der Waals surface area contributed by atoms with Crippen molar-refractivity contribution in [2.24, 2.45) is 0 Å². The van der Waals surface area contributed by atoms with E-state index in [2.05, 4.69) is 10.1 Å². The molecule has 0 saturated heterocycles. The van der Waals surface area contributed by atoms with Crippen molar-refractivity contribution in [3.05, 3.63) is 77.9 Å². The van der Waals surface area contributed by atoms with Crippen molar-refractivity contribution < 1.29 is 4.79 Å².